The van der Waals surface area contributed by atoms with E-state index in [-0.39, 0.29) is 11.5 Å². The average Bonchev–Trinajstić information content (AvgIpc) is 2.20. The average molecular weight is 203 g/mol. The second kappa shape index (κ2) is 5.18. The number of phenolic OH excluding ortho intramolecular Hbond substituents is 1. The van der Waals surface area contributed by atoms with E-state index in [1.54, 1.807) is 12.1 Å². The van der Waals surface area contributed by atoms with E-state index in [0.717, 1.165) is 0 Å². The number of carbonyl (C=O) groups is 1. The van der Waals surface area contributed by atoms with E-state index in [1.165, 1.54) is 13.0 Å². The zero-order chi connectivity index (χ0) is 11.3. The lowest BCUT2D eigenvalue weighted by Crippen LogP contribution is -1.96. The molecule has 0 atom stereocenters. The summed E-state index contributed by atoms with van der Waals surface area (Å²) < 4.78 is 0. The van der Waals surface area contributed by atoms with Gasteiger partial charge in [-0.25, -0.2) is 0 Å². The molecule has 0 radical (unpaired) electrons. The molecule has 0 saturated heterocycles. The molecule has 0 heterocycles. The molecule has 0 aliphatic rings. The Morgan fingerprint density at radius 3 is 2.87 bits per heavy atom. The van der Waals surface area contributed by atoms with Crippen molar-refractivity contribution in [2.24, 2.45) is 5.73 Å². The molecule has 0 aromatic heterocycles. The minimum absolute atomic E-state index is 0.00752. The summed E-state index contributed by atoms with van der Waals surface area (Å²) in [6, 6.07) is 4.73. The topological polar surface area (TPSA) is 63.3 Å². The number of hydrogen-bond acceptors (Lipinski definition) is 3. The van der Waals surface area contributed by atoms with Crippen molar-refractivity contribution in [1.82, 2.24) is 0 Å². The summed E-state index contributed by atoms with van der Waals surface area (Å²) in [6.45, 7) is 1.93. The van der Waals surface area contributed by atoms with Crippen molar-refractivity contribution >= 4 is 5.78 Å². The Kier molecular flexibility index (Phi) is 3.90. The summed E-state index contributed by atoms with van der Waals surface area (Å²) in [5.41, 5.74) is 6.31. The first kappa shape index (κ1) is 11.3. The van der Waals surface area contributed by atoms with Crippen LogP contribution in [0.1, 0.15) is 29.3 Å². The van der Waals surface area contributed by atoms with Gasteiger partial charge in [-0.15, -0.1) is 0 Å². The van der Waals surface area contributed by atoms with Gasteiger partial charge in [-0.05, 0) is 25.1 Å². The molecule has 3 heteroatoms. The molecule has 1 rings (SSSR count). The molecule has 1 aromatic carbocycles. The molecular weight excluding hydrogens is 190 g/mol. The lowest BCUT2D eigenvalue weighted by atomic mass is 10.1. The van der Waals surface area contributed by atoms with Crippen LogP contribution >= 0.6 is 0 Å². The number of rotatable bonds is 2. The third kappa shape index (κ3) is 3.12. The minimum Gasteiger partial charge on any atom is -0.507 e. The van der Waals surface area contributed by atoms with Gasteiger partial charge >= 0.3 is 0 Å². The molecule has 0 unspecified atom stereocenters. The Balaban J connectivity index is 2.99. The fourth-order valence-corrected chi connectivity index (χ4v) is 1.13. The smallest absolute Gasteiger partial charge is 0.163 e. The molecule has 15 heavy (non-hydrogen) atoms. The van der Waals surface area contributed by atoms with E-state index in [4.69, 9.17) is 5.73 Å². The summed E-state index contributed by atoms with van der Waals surface area (Å²) in [4.78, 5) is 11.1. The van der Waals surface area contributed by atoms with E-state index in [2.05, 4.69) is 11.8 Å². The molecule has 0 spiro atoms. The standard InChI is InChI=1S/C12H13NO2/c1-9(14)11-8-10(4-2-3-7-13)5-6-12(11)15/h5-6,8,15H,3,7,13H2,1H3. The molecule has 0 fully saturated rings. The number of carbonyl (C=O) groups excluding carboxylic acids is 1. The first-order valence-electron chi connectivity index (χ1n) is 4.68. The van der Waals surface area contributed by atoms with Crippen LogP contribution in [0.4, 0.5) is 0 Å². The van der Waals surface area contributed by atoms with Gasteiger partial charge in [0.1, 0.15) is 5.75 Å². The number of nitrogens with two attached hydrogens (primary N) is 1. The summed E-state index contributed by atoms with van der Waals surface area (Å²) >= 11 is 0. The molecule has 3 N–H and O–H groups in total. The number of phenols is 1. The van der Waals surface area contributed by atoms with Crippen molar-refractivity contribution in [3.8, 4) is 17.6 Å². The second-order valence-corrected chi connectivity index (χ2v) is 3.13. The molecule has 0 aliphatic carbocycles. The van der Waals surface area contributed by atoms with Crippen molar-refractivity contribution < 1.29 is 9.90 Å². The first-order valence-corrected chi connectivity index (χ1v) is 4.68. The van der Waals surface area contributed by atoms with Crippen LogP contribution in [0.15, 0.2) is 18.2 Å². The van der Waals surface area contributed by atoms with Crippen molar-refractivity contribution in [2.75, 3.05) is 6.54 Å². The van der Waals surface area contributed by atoms with Crippen LogP contribution in [-0.4, -0.2) is 17.4 Å². The summed E-state index contributed by atoms with van der Waals surface area (Å²) in [7, 11) is 0. The lowest BCUT2D eigenvalue weighted by Gasteiger charge is -2.00. The summed E-state index contributed by atoms with van der Waals surface area (Å²) in [5.74, 6) is 5.56. The zero-order valence-corrected chi connectivity index (χ0v) is 8.58. The Hall–Kier alpha value is -1.79. The maximum atomic E-state index is 11.1. The highest BCUT2D eigenvalue weighted by atomic mass is 16.3. The van der Waals surface area contributed by atoms with Crippen LogP contribution in [0.3, 0.4) is 0 Å². The van der Waals surface area contributed by atoms with Gasteiger partial charge in [-0.1, -0.05) is 11.8 Å². The predicted molar refractivity (Wildman–Crippen MR) is 58.7 cm³/mol. The van der Waals surface area contributed by atoms with Crippen molar-refractivity contribution in [1.29, 1.82) is 0 Å². The Labute approximate surface area is 88.9 Å². The van der Waals surface area contributed by atoms with Gasteiger partial charge in [0.15, 0.2) is 5.78 Å². The predicted octanol–water partition coefficient (Wildman–Crippen LogP) is 1.30. The molecular formula is C12H13NO2. The third-order valence-corrected chi connectivity index (χ3v) is 1.88. The van der Waals surface area contributed by atoms with Crippen LogP contribution in [0.25, 0.3) is 0 Å². The second-order valence-electron chi connectivity index (χ2n) is 3.13. The summed E-state index contributed by atoms with van der Waals surface area (Å²) in [5, 5.41) is 9.39. The van der Waals surface area contributed by atoms with Crippen LogP contribution in [0.5, 0.6) is 5.75 Å². The highest BCUT2D eigenvalue weighted by Crippen LogP contribution is 2.18. The zero-order valence-electron chi connectivity index (χ0n) is 8.58. The molecule has 0 saturated carbocycles. The van der Waals surface area contributed by atoms with Crippen molar-refractivity contribution in [3.05, 3.63) is 29.3 Å². The van der Waals surface area contributed by atoms with E-state index in [1.807, 2.05) is 0 Å². The number of hydrogen-bond donors (Lipinski definition) is 2. The fourth-order valence-electron chi connectivity index (χ4n) is 1.13. The minimum atomic E-state index is -0.171. The Morgan fingerprint density at radius 2 is 2.27 bits per heavy atom. The van der Waals surface area contributed by atoms with Crippen molar-refractivity contribution in [2.45, 2.75) is 13.3 Å². The van der Waals surface area contributed by atoms with Gasteiger partial charge in [0.05, 0.1) is 5.56 Å². The maximum absolute atomic E-state index is 11.1. The molecule has 78 valence electrons. The van der Waals surface area contributed by atoms with Crippen LogP contribution < -0.4 is 5.73 Å². The van der Waals surface area contributed by atoms with E-state index < -0.39 is 0 Å². The van der Waals surface area contributed by atoms with Gasteiger partial charge in [-0.2, -0.15) is 0 Å². The first-order chi connectivity index (χ1) is 7.15. The normalized spacial score (nSPS) is 9.20. The number of aromatic hydroxyl groups is 1. The van der Waals surface area contributed by atoms with Crippen LogP contribution in [0, 0.1) is 11.8 Å². The summed E-state index contributed by atoms with van der Waals surface area (Å²) in [6.07, 6.45) is 0.621. The quantitative estimate of drug-likeness (QED) is 0.562. The maximum Gasteiger partial charge on any atom is 0.163 e. The van der Waals surface area contributed by atoms with Gasteiger partial charge < -0.3 is 10.8 Å². The van der Waals surface area contributed by atoms with Gasteiger partial charge in [0.25, 0.3) is 0 Å². The SMILES string of the molecule is CC(=O)c1cc(C#CCCN)ccc1O. The van der Waals surface area contributed by atoms with Crippen LogP contribution in [0.2, 0.25) is 0 Å². The monoisotopic (exact) mass is 203 g/mol. The van der Waals surface area contributed by atoms with Crippen LogP contribution in [-0.2, 0) is 0 Å². The number of benzene rings is 1. The fraction of sp³-hybridized carbons (Fsp3) is 0.250. The number of ketones is 1. The lowest BCUT2D eigenvalue weighted by molar-refractivity contribution is 0.101. The largest absolute Gasteiger partial charge is 0.507 e. The van der Waals surface area contributed by atoms with Gasteiger partial charge in [0.2, 0.25) is 0 Å². The molecule has 1 aromatic rings. The Morgan fingerprint density at radius 1 is 1.53 bits per heavy atom. The molecule has 0 bridgehead atoms. The highest BCUT2D eigenvalue weighted by Gasteiger charge is 2.05. The molecule has 0 amide bonds. The van der Waals surface area contributed by atoms with E-state index in [9.17, 15) is 9.90 Å². The third-order valence-electron chi connectivity index (χ3n) is 1.88. The van der Waals surface area contributed by atoms with Crippen molar-refractivity contribution in [3.63, 3.8) is 0 Å². The van der Waals surface area contributed by atoms with Gasteiger partial charge in [-0.3, -0.25) is 4.79 Å². The molecule has 0 aliphatic heterocycles. The van der Waals surface area contributed by atoms with E-state index >= 15 is 0 Å². The molecule has 3 nitrogen and oxygen atoms in total. The van der Waals surface area contributed by atoms with E-state index in [0.29, 0.717) is 24.1 Å². The highest BCUT2D eigenvalue weighted by molar-refractivity contribution is 5.97. The Bertz CT molecular complexity index is 427. The number of Topliss-reactive ketones (excluding diaryl/α,β-unsaturated/α-hetero) is 1. The van der Waals surface area contributed by atoms with Gasteiger partial charge in [0, 0.05) is 18.5 Å².